The van der Waals surface area contributed by atoms with Crippen molar-refractivity contribution in [2.45, 2.75) is 50.1 Å². The average Bonchev–Trinajstić information content (AvgIpc) is 3.22. The van der Waals surface area contributed by atoms with Crippen LogP contribution in [0.1, 0.15) is 43.7 Å². The lowest BCUT2D eigenvalue weighted by Gasteiger charge is -2.23. The van der Waals surface area contributed by atoms with Gasteiger partial charge in [-0.25, -0.2) is 8.42 Å². The largest absolute Gasteiger partial charge is 0.451 e. The molecule has 1 saturated heterocycles. The van der Waals surface area contributed by atoms with Crippen molar-refractivity contribution in [3.8, 4) is 0 Å². The molecule has 2 heterocycles. The van der Waals surface area contributed by atoms with E-state index in [0.717, 1.165) is 9.69 Å². The molecule has 202 valence electrons. The van der Waals surface area contributed by atoms with Gasteiger partial charge in [0.25, 0.3) is 5.91 Å². The first-order chi connectivity index (χ1) is 18.0. The molecule has 1 aliphatic heterocycles. The number of rotatable bonds is 8. The molecule has 38 heavy (non-hydrogen) atoms. The van der Waals surface area contributed by atoms with Crippen molar-refractivity contribution in [3.05, 3.63) is 65.4 Å². The molecule has 0 bridgehead atoms. The van der Waals surface area contributed by atoms with E-state index in [0.29, 0.717) is 23.4 Å². The van der Waals surface area contributed by atoms with Crippen molar-refractivity contribution in [2.75, 3.05) is 13.1 Å². The van der Waals surface area contributed by atoms with Crippen LogP contribution in [-0.2, 0) is 19.6 Å². The Balaban J connectivity index is 1.44. The molecule has 9 nitrogen and oxygen atoms in total. The van der Waals surface area contributed by atoms with E-state index >= 15 is 0 Å². The minimum Gasteiger partial charge on any atom is -0.451 e. The highest BCUT2D eigenvalue weighted by Gasteiger charge is 2.34. The van der Waals surface area contributed by atoms with Crippen LogP contribution in [0.4, 0.5) is 0 Å². The van der Waals surface area contributed by atoms with E-state index < -0.39 is 39.7 Å². The summed E-state index contributed by atoms with van der Waals surface area (Å²) < 4.78 is 32.9. The first kappa shape index (κ1) is 27.8. The molecule has 2 amide bonds. The molecule has 1 fully saturated rings. The Morgan fingerprint density at radius 3 is 2.53 bits per heavy atom. The molecule has 1 aromatic heterocycles. The lowest BCUT2D eigenvalue weighted by Crippen LogP contribution is -2.52. The van der Waals surface area contributed by atoms with E-state index in [4.69, 9.17) is 16.0 Å². The van der Waals surface area contributed by atoms with Crippen molar-refractivity contribution in [3.63, 3.8) is 0 Å². The zero-order chi connectivity index (χ0) is 27.4. The predicted molar refractivity (Wildman–Crippen MR) is 143 cm³/mol. The summed E-state index contributed by atoms with van der Waals surface area (Å²) in [6.45, 7) is 3.62. The number of para-hydroxylation sites is 1. The van der Waals surface area contributed by atoms with Crippen molar-refractivity contribution >= 4 is 50.2 Å². The molecule has 2 N–H and O–H groups in total. The van der Waals surface area contributed by atoms with Crippen molar-refractivity contribution in [2.24, 2.45) is 5.92 Å². The Bertz CT molecular complexity index is 1400. The number of sulfonamides is 1. The van der Waals surface area contributed by atoms with Gasteiger partial charge in [-0.05, 0) is 61.6 Å². The van der Waals surface area contributed by atoms with Crippen LogP contribution in [0.3, 0.4) is 0 Å². The Hall–Kier alpha value is -3.21. The number of amides is 2. The second-order valence-corrected chi connectivity index (χ2v) is 12.1. The number of nitrogens with zero attached hydrogens (tertiary/aromatic N) is 1. The maximum absolute atomic E-state index is 13.2. The Morgan fingerprint density at radius 2 is 1.84 bits per heavy atom. The number of nitrogens with one attached hydrogen (secondary N) is 2. The summed E-state index contributed by atoms with van der Waals surface area (Å²) >= 11 is 5.87. The zero-order valence-corrected chi connectivity index (χ0v) is 22.7. The monoisotopic (exact) mass is 559 g/mol. The lowest BCUT2D eigenvalue weighted by molar-refractivity contribution is -0.129. The summed E-state index contributed by atoms with van der Waals surface area (Å²) in [6, 6.07) is 12.8. The fraction of sp³-hybridized carbons (Fsp3) is 0.370. The van der Waals surface area contributed by atoms with Gasteiger partial charge in [-0.2, -0.15) is 4.31 Å². The highest BCUT2D eigenvalue weighted by molar-refractivity contribution is 7.89. The summed E-state index contributed by atoms with van der Waals surface area (Å²) in [6.07, 6.45) is 1.00. The van der Waals surface area contributed by atoms with E-state index in [-0.39, 0.29) is 36.1 Å². The standard InChI is InChI=1S/C27H30ClN3O6S/c1-17(2)14-22(30-27(34)25-15-18-6-3-4-8-24(18)37-25)26(33)29-21-7-5-13-31(16-23(21)32)38(35,36)20-11-9-19(28)10-12-20/h3-4,6,8-12,15,17,21-22H,5,7,13-14,16H2,1-2H3,(H,29,33)(H,30,34)/t21-,22-/m0/s1. The molecule has 0 unspecified atom stereocenters. The highest BCUT2D eigenvalue weighted by atomic mass is 35.5. The molecule has 4 rings (SSSR count). The minimum absolute atomic E-state index is 0.0440. The van der Waals surface area contributed by atoms with Crippen LogP contribution in [0, 0.1) is 5.92 Å². The smallest absolute Gasteiger partial charge is 0.287 e. The quantitative estimate of drug-likeness (QED) is 0.433. The molecule has 1 aliphatic rings. The average molecular weight is 560 g/mol. The fourth-order valence-corrected chi connectivity index (χ4v) is 5.98. The number of furan rings is 1. The zero-order valence-electron chi connectivity index (χ0n) is 21.1. The number of benzene rings is 2. The van der Waals surface area contributed by atoms with E-state index in [1.54, 1.807) is 18.2 Å². The van der Waals surface area contributed by atoms with Crippen LogP contribution in [0.5, 0.6) is 0 Å². The number of ketones is 1. The van der Waals surface area contributed by atoms with Gasteiger partial charge < -0.3 is 15.1 Å². The number of carbonyl (C=O) groups is 3. The molecule has 0 saturated carbocycles. The molecule has 0 radical (unpaired) electrons. The molecular weight excluding hydrogens is 530 g/mol. The first-order valence-electron chi connectivity index (χ1n) is 12.4. The maximum atomic E-state index is 13.2. The van der Waals surface area contributed by atoms with Crippen LogP contribution in [0.15, 0.2) is 63.9 Å². The van der Waals surface area contributed by atoms with Gasteiger partial charge >= 0.3 is 0 Å². The Morgan fingerprint density at radius 1 is 1.13 bits per heavy atom. The molecular formula is C27H30ClN3O6S. The molecule has 0 aliphatic carbocycles. The summed E-state index contributed by atoms with van der Waals surface area (Å²) in [7, 11) is -3.90. The van der Waals surface area contributed by atoms with Crippen LogP contribution >= 0.6 is 11.6 Å². The van der Waals surface area contributed by atoms with E-state index in [9.17, 15) is 22.8 Å². The number of carbonyl (C=O) groups excluding carboxylic acids is 3. The number of hydrogen-bond donors (Lipinski definition) is 2. The van der Waals surface area contributed by atoms with Crippen LogP contribution in [0.2, 0.25) is 5.02 Å². The molecule has 0 spiro atoms. The van der Waals surface area contributed by atoms with Crippen molar-refractivity contribution in [1.82, 2.24) is 14.9 Å². The third-order valence-electron chi connectivity index (χ3n) is 6.37. The second-order valence-electron chi connectivity index (χ2n) is 9.77. The van der Waals surface area contributed by atoms with Crippen molar-refractivity contribution < 1.29 is 27.2 Å². The third kappa shape index (κ3) is 6.43. The van der Waals surface area contributed by atoms with Crippen LogP contribution in [-0.4, -0.2) is 55.5 Å². The molecule has 11 heteroatoms. The first-order valence-corrected chi connectivity index (χ1v) is 14.2. The van der Waals surface area contributed by atoms with Gasteiger partial charge in [0.15, 0.2) is 11.5 Å². The molecule has 2 aromatic carbocycles. The third-order valence-corrected chi connectivity index (χ3v) is 8.48. The number of hydrogen-bond acceptors (Lipinski definition) is 6. The summed E-state index contributed by atoms with van der Waals surface area (Å²) in [4.78, 5) is 39.2. The normalized spacial score (nSPS) is 17.8. The van der Waals surface area contributed by atoms with Gasteiger partial charge in [0.1, 0.15) is 11.6 Å². The van der Waals surface area contributed by atoms with Gasteiger partial charge in [-0.1, -0.05) is 43.6 Å². The van der Waals surface area contributed by atoms with E-state index in [1.807, 2.05) is 26.0 Å². The topological polar surface area (TPSA) is 126 Å². The molecule has 3 aromatic rings. The maximum Gasteiger partial charge on any atom is 0.287 e. The molecule has 2 atom stereocenters. The van der Waals surface area contributed by atoms with Crippen molar-refractivity contribution in [1.29, 1.82) is 0 Å². The Labute approximate surface area is 226 Å². The lowest BCUT2D eigenvalue weighted by atomic mass is 10.0. The van der Waals surface area contributed by atoms with Gasteiger partial charge in [0, 0.05) is 17.0 Å². The Kier molecular flexibility index (Phi) is 8.54. The summed E-state index contributed by atoms with van der Waals surface area (Å²) in [5.41, 5.74) is 0.560. The highest BCUT2D eigenvalue weighted by Crippen LogP contribution is 2.22. The van der Waals surface area contributed by atoms with Gasteiger partial charge in [-0.3, -0.25) is 14.4 Å². The van der Waals surface area contributed by atoms with Crippen LogP contribution < -0.4 is 10.6 Å². The van der Waals surface area contributed by atoms with E-state index in [1.165, 1.54) is 24.3 Å². The number of fused-ring (bicyclic) bond motifs is 1. The van der Waals surface area contributed by atoms with Gasteiger partial charge in [0.2, 0.25) is 15.9 Å². The number of halogens is 1. The predicted octanol–water partition coefficient (Wildman–Crippen LogP) is 3.77. The second kappa shape index (κ2) is 11.7. The minimum atomic E-state index is -3.90. The number of Topliss-reactive ketones (excluding diaryl/α,β-unsaturated/α-hetero) is 1. The summed E-state index contributed by atoms with van der Waals surface area (Å²) in [5.74, 6) is -1.29. The van der Waals surface area contributed by atoms with E-state index in [2.05, 4.69) is 10.6 Å². The summed E-state index contributed by atoms with van der Waals surface area (Å²) in [5, 5.41) is 6.65. The van der Waals surface area contributed by atoms with Gasteiger partial charge in [0.05, 0.1) is 17.5 Å². The van der Waals surface area contributed by atoms with Crippen LogP contribution in [0.25, 0.3) is 11.0 Å². The SMILES string of the molecule is CC(C)C[C@H](NC(=O)c1cc2ccccc2o1)C(=O)N[C@H]1CCCN(S(=O)(=O)c2ccc(Cl)cc2)CC1=O. The van der Waals surface area contributed by atoms with Gasteiger partial charge in [-0.15, -0.1) is 0 Å². The fourth-order valence-electron chi connectivity index (χ4n) is 4.41.